The lowest BCUT2D eigenvalue weighted by Crippen LogP contribution is -2.31. The lowest BCUT2D eigenvalue weighted by atomic mass is 10.0. The van der Waals surface area contributed by atoms with Crippen LogP contribution in [0, 0.1) is 11.3 Å². The van der Waals surface area contributed by atoms with E-state index in [1.165, 1.54) is 10.4 Å². The molecule has 0 amide bonds. The quantitative estimate of drug-likeness (QED) is 0.902. The molecule has 1 aliphatic heterocycles. The van der Waals surface area contributed by atoms with Crippen LogP contribution in [-0.4, -0.2) is 23.6 Å². The molecule has 0 aliphatic carbocycles. The van der Waals surface area contributed by atoms with E-state index in [0.717, 1.165) is 40.5 Å². The summed E-state index contributed by atoms with van der Waals surface area (Å²) in [5.74, 6) is 0.733. The van der Waals surface area contributed by atoms with Gasteiger partial charge in [-0.15, -0.1) is 11.3 Å². The molecule has 7 heteroatoms. The maximum Gasteiger partial charge on any atom is 0.225 e. The van der Waals surface area contributed by atoms with Gasteiger partial charge in [0.2, 0.25) is 5.95 Å². The van der Waals surface area contributed by atoms with Gasteiger partial charge in [0.25, 0.3) is 0 Å². The number of fused-ring (bicyclic) bond motifs is 1. The van der Waals surface area contributed by atoms with Crippen molar-refractivity contribution in [1.29, 1.82) is 5.26 Å². The number of hydrogen-bond donors (Lipinski definition) is 1. The topological polar surface area (TPSA) is 64.8 Å². The molecular weight excluding hydrogens is 338 g/mol. The summed E-state index contributed by atoms with van der Waals surface area (Å²) in [6.45, 7) is 1.60. The van der Waals surface area contributed by atoms with E-state index < -0.39 is 0 Å². The number of nitrogens with one attached hydrogen (secondary N) is 1. The van der Waals surface area contributed by atoms with Crippen molar-refractivity contribution in [3.05, 3.63) is 32.9 Å². The number of rotatable bonds is 2. The molecule has 3 heterocycles. The predicted molar refractivity (Wildman–Crippen MR) is 83.1 cm³/mol. The van der Waals surface area contributed by atoms with Crippen molar-refractivity contribution in [2.45, 2.75) is 13.0 Å². The number of halogens is 1. The third kappa shape index (κ3) is 2.25. The Morgan fingerprint density at radius 1 is 1.45 bits per heavy atom. The Labute approximate surface area is 129 Å². The van der Waals surface area contributed by atoms with Crippen molar-refractivity contribution >= 4 is 38.2 Å². The molecule has 0 unspecified atom stereocenters. The van der Waals surface area contributed by atoms with Gasteiger partial charge in [0.05, 0.1) is 16.6 Å². The van der Waals surface area contributed by atoms with Crippen LogP contribution in [0.5, 0.6) is 0 Å². The van der Waals surface area contributed by atoms with Gasteiger partial charge in [0.1, 0.15) is 11.1 Å². The first-order valence-corrected chi connectivity index (χ1v) is 7.78. The molecule has 1 N–H and O–H groups in total. The lowest BCUT2D eigenvalue weighted by molar-refractivity contribution is 0.717. The zero-order chi connectivity index (χ0) is 14.1. The average molecular weight is 350 g/mol. The van der Waals surface area contributed by atoms with Crippen molar-refractivity contribution in [2.75, 3.05) is 23.8 Å². The molecule has 0 aromatic carbocycles. The summed E-state index contributed by atoms with van der Waals surface area (Å²) in [6.07, 6.45) is 4.37. The van der Waals surface area contributed by atoms with Crippen LogP contribution in [0.4, 0.5) is 10.9 Å². The van der Waals surface area contributed by atoms with Crippen LogP contribution in [-0.2, 0) is 13.0 Å². The van der Waals surface area contributed by atoms with Crippen molar-refractivity contribution in [2.24, 2.45) is 0 Å². The molecule has 0 atom stereocenters. The van der Waals surface area contributed by atoms with Crippen LogP contribution in [0.1, 0.15) is 16.0 Å². The molecule has 5 nitrogen and oxygen atoms in total. The van der Waals surface area contributed by atoms with Gasteiger partial charge in [0, 0.05) is 30.9 Å². The maximum absolute atomic E-state index is 9.28. The highest BCUT2D eigenvalue weighted by atomic mass is 79.9. The molecule has 0 bridgehead atoms. The Balaban J connectivity index is 1.91. The fourth-order valence-corrected chi connectivity index (χ4v) is 3.71. The fraction of sp³-hybridized carbons (Fsp3) is 0.308. The summed E-state index contributed by atoms with van der Waals surface area (Å²) in [6, 6.07) is 2.31. The van der Waals surface area contributed by atoms with E-state index in [1.807, 2.05) is 7.05 Å². The largest absolute Gasteiger partial charge is 0.379 e. The van der Waals surface area contributed by atoms with E-state index in [-0.39, 0.29) is 0 Å². The zero-order valence-electron chi connectivity index (χ0n) is 10.9. The second kappa shape index (κ2) is 5.38. The number of anilines is 2. The first kappa shape index (κ1) is 13.3. The molecular formula is C13H12BrN5S. The summed E-state index contributed by atoms with van der Waals surface area (Å²) in [7, 11) is 1.85. The highest BCUT2D eigenvalue weighted by Crippen LogP contribution is 2.36. The van der Waals surface area contributed by atoms with E-state index in [9.17, 15) is 5.26 Å². The minimum absolute atomic E-state index is 0.733. The summed E-state index contributed by atoms with van der Waals surface area (Å²) >= 11 is 4.99. The van der Waals surface area contributed by atoms with Gasteiger partial charge in [0.15, 0.2) is 0 Å². The summed E-state index contributed by atoms with van der Waals surface area (Å²) in [5, 5.41) is 13.3. The smallest absolute Gasteiger partial charge is 0.225 e. The Morgan fingerprint density at radius 2 is 2.20 bits per heavy atom. The number of aromatic nitrogens is 2. The Bertz CT molecular complexity index is 673. The highest BCUT2D eigenvalue weighted by molar-refractivity contribution is 9.10. The van der Waals surface area contributed by atoms with Gasteiger partial charge in [-0.3, -0.25) is 0 Å². The highest BCUT2D eigenvalue weighted by Gasteiger charge is 2.25. The molecule has 20 heavy (non-hydrogen) atoms. The standard InChI is InChI=1S/C13H12BrN5S/c1-16-12-10(4-15)9-2-3-19(7-11(9)20-12)13-17-5-8(14)6-18-13/h5-6,16H,2-3,7H2,1H3. The van der Waals surface area contributed by atoms with E-state index in [0.29, 0.717) is 0 Å². The van der Waals surface area contributed by atoms with Crippen molar-refractivity contribution in [3.63, 3.8) is 0 Å². The van der Waals surface area contributed by atoms with Crippen molar-refractivity contribution < 1.29 is 0 Å². The molecule has 2 aromatic heterocycles. The Morgan fingerprint density at radius 3 is 2.85 bits per heavy atom. The maximum atomic E-state index is 9.28. The zero-order valence-corrected chi connectivity index (χ0v) is 13.3. The molecule has 1 aliphatic rings. The third-order valence-electron chi connectivity index (χ3n) is 3.29. The SMILES string of the molecule is CNc1sc2c(c1C#N)CCN(c1ncc(Br)cn1)C2. The molecule has 0 spiro atoms. The van der Waals surface area contributed by atoms with E-state index in [4.69, 9.17) is 0 Å². The van der Waals surface area contributed by atoms with Crippen LogP contribution in [0.25, 0.3) is 0 Å². The second-order valence-electron chi connectivity index (χ2n) is 4.44. The molecule has 2 aromatic rings. The van der Waals surface area contributed by atoms with E-state index >= 15 is 0 Å². The normalized spacial score (nSPS) is 13.8. The van der Waals surface area contributed by atoms with Crippen LogP contribution in [0.2, 0.25) is 0 Å². The molecule has 0 saturated heterocycles. The van der Waals surface area contributed by atoms with Gasteiger partial charge in [-0.25, -0.2) is 9.97 Å². The summed E-state index contributed by atoms with van der Waals surface area (Å²) in [5.41, 5.74) is 1.97. The van der Waals surface area contributed by atoms with E-state index in [1.54, 1.807) is 23.7 Å². The first-order valence-electron chi connectivity index (χ1n) is 6.17. The summed E-state index contributed by atoms with van der Waals surface area (Å²) < 4.78 is 0.874. The molecule has 0 fully saturated rings. The van der Waals surface area contributed by atoms with Gasteiger partial charge < -0.3 is 10.2 Å². The van der Waals surface area contributed by atoms with Gasteiger partial charge in [-0.1, -0.05) is 0 Å². The average Bonchev–Trinajstić information content (AvgIpc) is 2.84. The van der Waals surface area contributed by atoms with Crippen LogP contribution in [0.3, 0.4) is 0 Å². The minimum Gasteiger partial charge on any atom is -0.379 e. The van der Waals surface area contributed by atoms with Crippen molar-refractivity contribution in [3.8, 4) is 6.07 Å². The van der Waals surface area contributed by atoms with Gasteiger partial charge in [-0.05, 0) is 27.9 Å². The fourth-order valence-electron chi connectivity index (χ4n) is 2.34. The van der Waals surface area contributed by atoms with Crippen molar-refractivity contribution in [1.82, 2.24) is 9.97 Å². The molecule has 3 rings (SSSR count). The molecule has 0 saturated carbocycles. The van der Waals surface area contributed by atoms with E-state index in [2.05, 4.69) is 42.2 Å². The Kier molecular flexibility index (Phi) is 3.59. The van der Waals surface area contributed by atoms with Gasteiger partial charge >= 0.3 is 0 Å². The number of thiophene rings is 1. The number of nitrogens with zero attached hydrogens (tertiary/aromatic N) is 4. The first-order chi connectivity index (χ1) is 9.72. The summed E-state index contributed by atoms with van der Waals surface area (Å²) in [4.78, 5) is 12.0. The lowest BCUT2D eigenvalue weighted by Gasteiger charge is -2.26. The van der Waals surface area contributed by atoms with Crippen LogP contribution in [0.15, 0.2) is 16.9 Å². The number of hydrogen-bond acceptors (Lipinski definition) is 6. The molecule has 102 valence electrons. The third-order valence-corrected chi connectivity index (χ3v) is 4.93. The second-order valence-corrected chi connectivity index (χ2v) is 6.46. The van der Waals surface area contributed by atoms with Crippen LogP contribution < -0.4 is 10.2 Å². The van der Waals surface area contributed by atoms with Crippen LogP contribution >= 0.6 is 27.3 Å². The molecule has 0 radical (unpaired) electrons. The monoisotopic (exact) mass is 349 g/mol. The van der Waals surface area contributed by atoms with Gasteiger partial charge in [-0.2, -0.15) is 5.26 Å². The minimum atomic E-state index is 0.733. The predicted octanol–water partition coefficient (Wildman–Crippen LogP) is 2.78. The number of nitriles is 1. The Hall–Kier alpha value is -1.65.